The number of rotatable bonds is 6. The Kier molecular flexibility index (Phi) is 4.88. The minimum Gasteiger partial charge on any atom is -0.494 e. The molecule has 1 heterocycles. The average Bonchev–Trinajstić information content (AvgIpc) is 2.80. The molecule has 0 spiro atoms. The quantitative estimate of drug-likeness (QED) is 0.837. The predicted molar refractivity (Wildman–Crippen MR) is 76.4 cm³/mol. The van der Waals surface area contributed by atoms with Gasteiger partial charge >= 0.3 is 0 Å². The van der Waals surface area contributed by atoms with Crippen LogP contribution in [0.5, 0.6) is 5.75 Å². The standard InChI is InChI=1S/C15H24N2O/c1-3-10-18-15-8-4-6-13(11-15)16-12-14-7-5-9-17(14)2/h4,6,8,11,14,16H,3,5,7,9-10,12H2,1-2H3. The first-order valence-corrected chi connectivity index (χ1v) is 6.96. The van der Waals surface area contributed by atoms with E-state index in [1.54, 1.807) is 0 Å². The van der Waals surface area contributed by atoms with Crippen LogP contribution in [0.2, 0.25) is 0 Å². The number of hydrogen-bond acceptors (Lipinski definition) is 3. The van der Waals surface area contributed by atoms with Crippen molar-refractivity contribution in [2.45, 2.75) is 32.2 Å². The van der Waals surface area contributed by atoms with Gasteiger partial charge in [-0.2, -0.15) is 0 Å². The monoisotopic (exact) mass is 248 g/mol. The van der Waals surface area contributed by atoms with Crippen LogP contribution in [0.25, 0.3) is 0 Å². The number of hydrogen-bond donors (Lipinski definition) is 1. The summed E-state index contributed by atoms with van der Waals surface area (Å²) < 4.78 is 5.64. The van der Waals surface area contributed by atoms with Gasteiger partial charge in [0.25, 0.3) is 0 Å². The molecule has 1 fully saturated rings. The van der Waals surface area contributed by atoms with E-state index < -0.39 is 0 Å². The van der Waals surface area contributed by atoms with Crippen LogP contribution >= 0.6 is 0 Å². The first-order chi connectivity index (χ1) is 8.79. The first-order valence-electron chi connectivity index (χ1n) is 6.96. The van der Waals surface area contributed by atoms with Gasteiger partial charge in [-0.25, -0.2) is 0 Å². The van der Waals surface area contributed by atoms with Crippen LogP contribution in [0.15, 0.2) is 24.3 Å². The number of benzene rings is 1. The molecule has 0 radical (unpaired) electrons. The molecule has 18 heavy (non-hydrogen) atoms. The summed E-state index contributed by atoms with van der Waals surface area (Å²) in [4.78, 5) is 2.43. The fourth-order valence-corrected chi connectivity index (χ4v) is 2.39. The summed E-state index contributed by atoms with van der Waals surface area (Å²) in [5.41, 5.74) is 1.16. The van der Waals surface area contributed by atoms with Crippen molar-refractivity contribution in [1.82, 2.24) is 4.90 Å². The molecule has 0 aliphatic carbocycles. The Morgan fingerprint density at radius 3 is 3.06 bits per heavy atom. The zero-order chi connectivity index (χ0) is 12.8. The van der Waals surface area contributed by atoms with Crippen LogP contribution in [-0.4, -0.2) is 37.7 Å². The molecular weight excluding hydrogens is 224 g/mol. The van der Waals surface area contributed by atoms with Crippen molar-refractivity contribution in [3.8, 4) is 5.75 Å². The molecule has 100 valence electrons. The molecule has 1 unspecified atom stereocenters. The SMILES string of the molecule is CCCOc1cccc(NCC2CCCN2C)c1. The number of likely N-dealkylation sites (N-methyl/N-ethyl adjacent to an activating group) is 1. The highest BCUT2D eigenvalue weighted by Gasteiger charge is 2.20. The molecule has 0 saturated carbocycles. The third-order valence-corrected chi connectivity index (χ3v) is 3.52. The van der Waals surface area contributed by atoms with Crippen LogP contribution in [0.3, 0.4) is 0 Å². The van der Waals surface area contributed by atoms with Gasteiger partial charge in [-0.3, -0.25) is 0 Å². The van der Waals surface area contributed by atoms with Crippen molar-refractivity contribution in [2.24, 2.45) is 0 Å². The normalized spacial score (nSPS) is 20.0. The van der Waals surface area contributed by atoms with Gasteiger partial charge in [0.2, 0.25) is 0 Å². The van der Waals surface area contributed by atoms with Crippen molar-refractivity contribution < 1.29 is 4.74 Å². The van der Waals surface area contributed by atoms with E-state index in [0.29, 0.717) is 6.04 Å². The maximum absolute atomic E-state index is 5.64. The summed E-state index contributed by atoms with van der Waals surface area (Å²) in [5, 5.41) is 3.51. The highest BCUT2D eigenvalue weighted by Crippen LogP contribution is 2.19. The number of nitrogens with zero attached hydrogens (tertiary/aromatic N) is 1. The predicted octanol–water partition coefficient (Wildman–Crippen LogP) is 2.98. The maximum atomic E-state index is 5.64. The van der Waals surface area contributed by atoms with Gasteiger partial charge in [0.05, 0.1) is 6.61 Å². The van der Waals surface area contributed by atoms with E-state index in [1.165, 1.54) is 19.4 Å². The average molecular weight is 248 g/mol. The van der Waals surface area contributed by atoms with E-state index in [2.05, 4.69) is 36.3 Å². The molecule has 1 aliphatic rings. The molecule has 0 bridgehead atoms. The van der Waals surface area contributed by atoms with Crippen LogP contribution in [0.4, 0.5) is 5.69 Å². The maximum Gasteiger partial charge on any atom is 0.121 e. The van der Waals surface area contributed by atoms with E-state index in [0.717, 1.165) is 31.0 Å². The molecule has 1 atom stereocenters. The molecule has 1 aromatic rings. The molecular formula is C15H24N2O. The van der Waals surface area contributed by atoms with Crippen molar-refractivity contribution in [2.75, 3.05) is 32.1 Å². The summed E-state index contributed by atoms with van der Waals surface area (Å²) in [6, 6.07) is 8.93. The van der Waals surface area contributed by atoms with Crippen LogP contribution in [0, 0.1) is 0 Å². The van der Waals surface area contributed by atoms with E-state index in [1.807, 2.05) is 12.1 Å². The lowest BCUT2D eigenvalue weighted by atomic mass is 10.2. The van der Waals surface area contributed by atoms with Gasteiger partial charge in [-0.05, 0) is 45.0 Å². The lowest BCUT2D eigenvalue weighted by Crippen LogP contribution is -2.31. The van der Waals surface area contributed by atoms with Crippen molar-refractivity contribution in [3.05, 3.63) is 24.3 Å². The zero-order valence-corrected chi connectivity index (χ0v) is 11.5. The van der Waals surface area contributed by atoms with Crippen LogP contribution in [0.1, 0.15) is 26.2 Å². The van der Waals surface area contributed by atoms with E-state index in [9.17, 15) is 0 Å². The summed E-state index contributed by atoms with van der Waals surface area (Å²) in [5.74, 6) is 0.960. The minimum atomic E-state index is 0.671. The van der Waals surface area contributed by atoms with Crippen LogP contribution in [-0.2, 0) is 0 Å². The topological polar surface area (TPSA) is 24.5 Å². The highest BCUT2D eigenvalue weighted by atomic mass is 16.5. The number of ether oxygens (including phenoxy) is 1. The second-order valence-electron chi connectivity index (χ2n) is 5.03. The Morgan fingerprint density at radius 2 is 2.33 bits per heavy atom. The molecule has 3 heteroatoms. The molecule has 2 rings (SSSR count). The second-order valence-corrected chi connectivity index (χ2v) is 5.03. The Balaban J connectivity index is 1.84. The van der Waals surface area contributed by atoms with Crippen LogP contribution < -0.4 is 10.1 Å². The largest absolute Gasteiger partial charge is 0.494 e. The molecule has 0 amide bonds. The van der Waals surface area contributed by atoms with Gasteiger partial charge in [0, 0.05) is 24.3 Å². The zero-order valence-electron chi connectivity index (χ0n) is 11.5. The summed E-state index contributed by atoms with van der Waals surface area (Å²) in [6.45, 7) is 5.16. The third kappa shape index (κ3) is 3.64. The summed E-state index contributed by atoms with van der Waals surface area (Å²) in [6.07, 6.45) is 3.67. The Bertz CT molecular complexity index is 367. The van der Waals surface area contributed by atoms with Crippen molar-refractivity contribution >= 4 is 5.69 Å². The van der Waals surface area contributed by atoms with Crippen molar-refractivity contribution in [3.63, 3.8) is 0 Å². The number of nitrogens with one attached hydrogen (secondary N) is 1. The van der Waals surface area contributed by atoms with Crippen molar-refractivity contribution in [1.29, 1.82) is 0 Å². The summed E-state index contributed by atoms with van der Waals surface area (Å²) in [7, 11) is 2.21. The number of likely N-dealkylation sites (tertiary alicyclic amines) is 1. The molecule has 1 aromatic carbocycles. The fourth-order valence-electron chi connectivity index (χ4n) is 2.39. The first kappa shape index (κ1) is 13.2. The lowest BCUT2D eigenvalue weighted by Gasteiger charge is -2.20. The van der Waals surface area contributed by atoms with Gasteiger partial charge < -0.3 is 15.0 Å². The molecule has 3 nitrogen and oxygen atoms in total. The number of anilines is 1. The molecule has 1 aliphatic heterocycles. The molecule has 1 N–H and O–H groups in total. The molecule has 0 aromatic heterocycles. The van der Waals surface area contributed by atoms with E-state index >= 15 is 0 Å². The fraction of sp³-hybridized carbons (Fsp3) is 0.600. The van der Waals surface area contributed by atoms with Gasteiger partial charge in [0.15, 0.2) is 0 Å². The Hall–Kier alpha value is -1.22. The van der Waals surface area contributed by atoms with Gasteiger partial charge in [0.1, 0.15) is 5.75 Å². The second kappa shape index (κ2) is 6.64. The Labute approximate surface area is 110 Å². The summed E-state index contributed by atoms with van der Waals surface area (Å²) >= 11 is 0. The Morgan fingerprint density at radius 1 is 1.44 bits per heavy atom. The third-order valence-electron chi connectivity index (χ3n) is 3.52. The minimum absolute atomic E-state index is 0.671. The van der Waals surface area contributed by atoms with E-state index in [-0.39, 0.29) is 0 Å². The highest BCUT2D eigenvalue weighted by molar-refractivity contribution is 5.48. The lowest BCUT2D eigenvalue weighted by molar-refractivity contribution is 0.317. The van der Waals surface area contributed by atoms with E-state index in [4.69, 9.17) is 4.74 Å². The van der Waals surface area contributed by atoms with Gasteiger partial charge in [-0.1, -0.05) is 13.0 Å². The molecule has 1 saturated heterocycles. The smallest absolute Gasteiger partial charge is 0.121 e. The van der Waals surface area contributed by atoms with Gasteiger partial charge in [-0.15, -0.1) is 0 Å².